The minimum absolute atomic E-state index is 0.0315. The van der Waals surface area contributed by atoms with Gasteiger partial charge in [-0.15, -0.1) is 0 Å². The van der Waals surface area contributed by atoms with Crippen molar-refractivity contribution in [2.45, 2.75) is 40.0 Å². The summed E-state index contributed by atoms with van der Waals surface area (Å²) in [4.78, 5) is 4.96. The summed E-state index contributed by atoms with van der Waals surface area (Å²) in [7, 11) is 0. The Hall–Kier alpha value is -3.65. The highest BCUT2D eigenvalue weighted by molar-refractivity contribution is 6.29. The Morgan fingerprint density at radius 3 is 2.30 bits per heavy atom. The van der Waals surface area contributed by atoms with Gasteiger partial charge in [0.1, 0.15) is 0 Å². The number of nitrogens with zero attached hydrogens (tertiary/aromatic N) is 2. The van der Waals surface area contributed by atoms with Crippen molar-refractivity contribution >= 4 is 59.8 Å². The summed E-state index contributed by atoms with van der Waals surface area (Å²) in [5.74, 6) is 0. The molecule has 7 rings (SSSR count). The van der Waals surface area contributed by atoms with Gasteiger partial charge in [0, 0.05) is 27.7 Å². The van der Waals surface area contributed by atoms with E-state index in [1.807, 2.05) is 6.20 Å². The summed E-state index contributed by atoms with van der Waals surface area (Å²) in [6.07, 6.45) is 1.96. The van der Waals surface area contributed by atoms with Crippen molar-refractivity contribution < 1.29 is 0 Å². The molecule has 0 N–H and O–H groups in total. The molecule has 0 radical (unpaired) electrons. The van der Waals surface area contributed by atoms with Crippen LogP contribution in [-0.2, 0) is 5.41 Å². The van der Waals surface area contributed by atoms with Gasteiger partial charge >= 0.3 is 0 Å². The van der Waals surface area contributed by atoms with Gasteiger partial charge in [-0.25, -0.2) is 0 Å². The first-order valence-electron chi connectivity index (χ1n) is 11.7. The Balaban J connectivity index is 1.93. The molecule has 0 bridgehead atoms. The van der Waals surface area contributed by atoms with Crippen LogP contribution in [-0.4, -0.2) is 9.38 Å². The molecular formula is C31H26N2. The van der Waals surface area contributed by atoms with Gasteiger partial charge in [0.25, 0.3) is 0 Å². The van der Waals surface area contributed by atoms with E-state index >= 15 is 0 Å². The summed E-state index contributed by atoms with van der Waals surface area (Å²) >= 11 is 0. The molecular weight excluding hydrogens is 400 g/mol. The number of aromatic nitrogens is 2. The zero-order valence-corrected chi connectivity index (χ0v) is 19.7. The van der Waals surface area contributed by atoms with Crippen LogP contribution in [0.15, 0.2) is 66.9 Å². The largest absolute Gasteiger partial charge is 0.307 e. The Morgan fingerprint density at radius 1 is 0.697 bits per heavy atom. The average Bonchev–Trinajstić information content (AvgIpc) is 3.12. The standard InChI is InChI=1S/C31H26N2/c1-17-9-11-21-18(2)28-24(16-20(21)15-17)27-26-19(13-14-32-27)10-12-23-22-7-6-8-25(31(3,4)5)29(22)33(28)30(23)26/h6-16H,1-5H3. The molecule has 160 valence electrons. The van der Waals surface area contributed by atoms with Crippen LogP contribution in [0.3, 0.4) is 0 Å². The lowest BCUT2D eigenvalue weighted by Crippen LogP contribution is -2.12. The molecule has 3 heterocycles. The molecule has 0 fully saturated rings. The van der Waals surface area contributed by atoms with Crippen molar-refractivity contribution in [1.82, 2.24) is 9.38 Å². The number of pyridine rings is 2. The zero-order chi connectivity index (χ0) is 22.6. The quantitative estimate of drug-likeness (QED) is 0.176. The molecule has 0 aliphatic carbocycles. The lowest BCUT2D eigenvalue weighted by molar-refractivity contribution is 0.594. The van der Waals surface area contributed by atoms with Gasteiger partial charge in [-0.05, 0) is 58.7 Å². The van der Waals surface area contributed by atoms with Crippen molar-refractivity contribution in [2.24, 2.45) is 0 Å². The van der Waals surface area contributed by atoms with Gasteiger partial charge in [-0.1, -0.05) is 74.9 Å². The van der Waals surface area contributed by atoms with Crippen LogP contribution in [0.5, 0.6) is 0 Å². The number of para-hydroxylation sites is 1. The van der Waals surface area contributed by atoms with Gasteiger partial charge in [-0.3, -0.25) is 4.98 Å². The summed E-state index contributed by atoms with van der Waals surface area (Å²) in [6, 6.07) is 22.7. The second-order valence-corrected chi connectivity index (χ2v) is 10.6. The van der Waals surface area contributed by atoms with Gasteiger partial charge in [0.15, 0.2) is 0 Å². The molecule has 0 spiro atoms. The second kappa shape index (κ2) is 6.02. The van der Waals surface area contributed by atoms with E-state index in [1.54, 1.807) is 0 Å². The number of hydrogen-bond donors (Lipinski definition) is 0. The lowest BCUT2D eigenvalue weighted by atomic mass is 9.85. The Kier molecular flexibility index (Phi) is 3.44. The molecule has 0 unspecified atom stereocenters. The summed E-state index contributed by atoms with van der Waals surface area (Å²) in [6.45, 7) is 11.4. The lowest BCUT2D eigenvalue weighted by Gasteiger charge is -2.22. The molecule has 7 aromatic rings. The number of fused-ring (bicyclic) bond motifs is 7. The van der Waals surface area contributed by atoms with Crippen molar-refractivity contribution in [2.75, 3.05) is 0 Å². The van der Waals surface area contributed by atoms with Gasteiger partial charge in [0.05, 0.1) is 22.1 Å². The van der Waals surface area contributed by atoms with Gasteiger partial charge in [0.2, 0.25) is 0 Å². The van der Waals surface area contributed by atoms with E-state index in [1.165, 1.54) is 70.9 Å². The van der Waals surface area contributed by atoms with Crippen molar-refractivity contribution in [3.8, 4) is 0 Å². The predicted molar refractivity (Wildman–Crippen MR) is 142 cm³/mol. The molecule has 0 saturated heterocycles. The SMILES string of the molecule is Cc1ccc2c(C)c3c(cc2c1)c1nccc2ccc4c5cccc(C(C)(C)C)c5n3c4c21. The van der Waals surface area contributed by atoms with Crippen molar-refractivity contribution in [1.29, 1.82) is 0 Å². The maximum atomic E-state index is 4.96. The molecule has 0 atom stereocenters. The molecule has 0 amide bonds. The monoisotopic (exact) mass is 426 g/mol. The second-order valence-electron chi connectivity index (χ2n) is 10.6. The highest BCUT2D eigenvalue weighted by Crippen LogP contribution is 2.44. The van der Waals surface area contributed by atoms with Gasteiger partial charge in [-0.2, -0.15) is 0 Å². The van der Waals surface area contributed by atoms with Crippen LogP contribution in [0.4, 0.5) is 0 Å². The summed E-state index contributed by atoms with van der Waals surface area (Å²) in [5, 5.41) is 8.99. The first-order valence-corrected chi connectivity index (χ1v) is 11.7. The molecule has 0 saturated carbocycles. The fourth-order valence-corrected chi connectivity index (χ4v) is 6.01. The van der Waals surface area contributed by atoms with Crippen LogP contribution in [0, 0.1) is 13.8 Å². The maximum absolute atomic E-state index is 4.96. The zero-order valence-electron chi connectivity index (χ0n) is 19.7. The van der Waals surface area contributed by atoms with Crippen LogP contribution in [0.2, 0.25) is 0 Å². The first kappa shape index (κ1) is 18.9. The molecule has 3 aromatic heterocycles. The van der Waals surface area contributed by atoms with E-state index in [2.05, 4.69) is 99.7 Å². The maximum Gasteiger partial charge on any atom is 0.0823 e. The Morgan fingerprint density at radius 2 is 1.48 bits per heavy atom. The van der Waals surface area contributed by atoms with E-state index in [9.17, 15) is 0 Å². The molecule has 2 nitrogen and oxygen atoms in total. The van der Waals surface area contributed by atoms with E-state index in [4.69, 9.17) is 4.98 Å². The third-order valence-corrected chi connectivity index (χ3v) is 7.49. The molecule has 0 aliphatic heterocycles. The smallest absolute Gasteiger partial charge is 0.0823 e. The minimum atomic E-state index is 0.0315. The molecule has 2 heteroatoms. The fourth-order valence-electron chi connectivity index (χ4n) is 6.01. The average molecular weight is 427 g/mol. The van der Waals surface area contributed by atoms with E-state index in [0.717, 1.165) is 5.52 Å². The molecule has 4 aromatic carbocycles. The fraction of sp³-hybridized carbons (Fsp3) is 0.194. The highest BCUT2D eigenvalue weighted by Gasteiger charge is 2.25. The van der Waals surface area contributed by atoms with Crippen LogP contribution < -0.4 is 0 Å². The summed E-state index contributed by atoms with van der Waals surface area (Å²) < 4.78 is 2.56. The van der Waals surface area contributed by atoms with E-state index < -0.39 is 0 Å². The summed E-state index contributed by atoms with van der Waals surface area (Å²) in [5.41, 5.74) is 9.03. The van der Waals surface area contributed by atoms with Gasteiger partial charge < -0.3 is 4.40 Å². The van der Waals surface area contributed by atoms with Crippen LogP contribution >= 0.6 is 0 Å². The van der Waals surface area contributed by atoms with Crippen LogP contribution in [0.1, 0.15) is 37.5 Å². The third-order valence-electron chi connectivity index (χ3n) is 7.49. The Bertz CT molecular complexity index is 1910. The normalized spacial score (nSPS) is 13.0. The van der Waals surface area contributed by atoms with Crippen molar-refractivity contribution in [3.05, 3.63) is 83.6 Å². The number of benzene rings is 4. The minimum Gasteiger partial charge on any atom is -0.307 e. The van der Waals surface area contributed by atoms with E-state index in [0.29, 0.717) is 0 Å². The first-order chi connectivity index (χ1) is 15.8. The highest BCUT2D eigenvalue weighted by atomic mass is 14.9. The molecule has 33 heavy (non-hydrogen) atoms. The van der Waals surface area contributed by atoms with Crippen molar-refractivity contribution in [3.63, 3.8) is 0 Å². The van der Waals surface area contributed by atoms with Crippen LogP contribution in [0.25, 0.3) is 59.8 Å². The molecule has 0 aliphatic rings. The number of aryl methyl sites for hydroxylation is 2. The third kappa shape index (κ3) is 2.31. The Labute approximate surface area is 192 Å². The van der Waals surface area contributed by atoms with E-state index in [-0.39, 0.29) is 5.41 Å². The predicted octanol–water partition coefficient (Wildman–Crippen LogP) is 8.45. The topological polar surface area (TPSA) is 17.3 Å². The number of hydrogen-bond acceptors (Lipinski definition) is 1. The number of rotatable bonds is 0.